The molecule has 5 rings (SSSR count). The van der Waals surface area contributed by atoms with Crippen LogP contribution in [-0.2, 0) is 16.1 Å². The van der Waals surface area contributed by atoms with Gasteiger partial charge in [0.2, 0.25) is 0 Å². The molecule has 37 heavy (non-hydrogen) atoms. The number of carboxylic acid groups (broad SMARTS) is 1. The molecule has 0 amide bonds. The van der Waals surface area contributed by atoms with E-state index in [-0.39, 0.29) is 5.78 Å². The first-order valence-corrected chi connectivity index (χ1v) is 12.2. The molecule has 2 N–H and O–H groups in total. The van der Waals surface area contributed by atoms with Gasteiger partial charge in [-0.05, 0) is 66.6 Å². The lowest BCUT2D eigenvalue weighted by molar-refractivity contribution is -0.134. The van der Waals surface area contributed by atoms with Crippen LogP contribution in [-0.4, -0.2) is 40.4 Å². The number of hydrogen-bond donors (Lipinski definition) is 2. The first kappa shape index (κ1) is 25.8. The number of benzene rings is 4. The molecular formula is C31H30N2O4. The average Bonchev–Trinajstić information content (AvgIpc) is 3.20. The molecule has 0 bridgehead atoms. The Hall–Kier alpha value is -4.29. The highest BCUT2D eigenvalue weighted by Crippen LogP contribution is 2.31. The van der Waals surface area contributed by atoms with Crippen LogP contribution in [0.1, 0.15) is 42.3 Å². The van der Waals surface area contributed by atoms with Crippen molar-refractivity contribution in [1.82, 2.24) is 4.57 Å². The van der Waals surface area contributed by atoms with Gasteiger partial charge in [0.05, 0.1) is 6.61 Å². The predicted molar refractivity (Wildman–Crippen MR) is 149 cm³/mol. The van der Waals surface area contributed by atoms with E-state index in [0.717, 1.165) is 51.6 Å². The van der Waals surface area contributed by atoms with Gasteiger partial charge in [-0.3, -0.25) is 9.59 Å². The summed E-state index contributed by atoms with van der Waals surface area (Å²) in [6, 6.07) is 26.0. The number of carbonyl (C=O) groups is 2. The first-order chi connectivity index (χ1) is 17.8. The summed E-state index contributed by atoms with van der Waals surface area (Å²) in [4.78, 5) is 22.4. The Morgan fingerprint density at radius 1 is 0.811 bits per heavy atom. The van der Waals surface area contributed by atoms with E-state index in [4.69, 9.17) is 20.0 Å². The monoisotopic (exact) mass is 494 g/mol. The molecule has 0 unspecified atom stereocenters. The summed E-state index contributed by atoms with van der Waals surface area (Å²) in [5, 5.41) is 19.7. The molecule has 0 atom stereocenters. The van der Waals surface area contributed by atoms with Crippen molar-refractivity contribution in [3.05, 3.63) is 95.6 Å². The van der Waals surface area contributed by atoms with E-state index >= 15 is 0 Å². The van der Waals surface area contributed by atoms with Crippen LogP contribution in [0.3, 0.4) is 0 Å². The lowest BCUT2D eigenvalue weighted by Crippen LogP contribution is -2.06. The van der Waals surface area contributed by atoms with Crippen molar-refractivity contribution < 1.29 is 19.4 Å². The van der Waals surface area contributed by atoms with Crippen molar-refractivity contribution in [2.24, 2.45) is 0 Å². The fraction of sp³-hybridized carbons (Fsp3) is 0.194. The molecular weight excluding hydrogens is 464 g/mol. The van der Waals surface area contributed by atoms with Crippen LogP contribution < -0.4 is 0 Å². The third-order valence-corrected chi connectivity index (χ3v) is 6.24. The molecule has 4 aromatic carbocycles. The van der Waals surface area contributed by atoms with E-state index in [1.165, 1.54) is 0 Å². The minimum Gasteiger partial charge on any atom is -0.481 e. The third kappa shape index (κ3) is 5.60. The lowest BCUT2D eigenvalue weighted by atomic mass is 9.98. The minimum absolute atomic E-state index is 0.0114. The van der Waals surface area contributed by atoms with Gasteiger partial charge in [-0.2, -0.15) is 0 Å². The van der Waals surface area contributed by atoms with E-state index in [1.54, 1.807) is 6.92 Å². The first-order valence-electron chi connectivity index (χ1n) is 12.2. The van der Waals surface area contributed by atoms with Gasteiger partial charge < -0.3 is 19.8 Å². The molecule has 0 saturated carbocycles. The van der Waals surface area contributed by atoms with Crippen molar-refractivity contribution in [3.63, 3.8) is 0 Å². The molecule has 0 saturated heterocycles. The molecule has 0 aliphatic rings. The van der Waals surface area contributed by atoms with Gasteiger partial charge in [-0.15, -0.1) is 0 Å². The second kappa shape index (κ2) is 11.2. The molecule has 188 valence electrons. The summed E-state index contributed by atoms with van der Waals surface area (Å²) in [5.74, 6) is -0.822. The number of carbonyl (C=O) groups excluding carboxylic acids is 1. The summed E-state index contributed by atoms with van der Waals surface area (Å²) in [5.41, 5.74) is 4.92. The summed E-state index contributed by atoms with van der Waals surface area (Å²) < 4.78 is 7.86. The highest BCUT2D eigenvalue weighted by Gasteiger charge is 2.16. The van der Waals surface area contributed by atoms with Crippen molar-refractivity contribution in [1.29, 1.82) is 5.41 Å². The van der Waals surface area contributed by atoms with Crippen LogP contribution in [0.5, 0.6) is 0 Å². The Labute approximate surface area is 215 Å². The standard InChI is InChI=1S/C29H26N2O2.C2H4O2/c1-3-33-15-14-31-27-12-10-21(19(2)30)17-25(27)26-18-24(11-13-28(26)31)29(32)23-9-8-20-6-4-5-7-22(20)16-23;1-2(3)4/h4-13,16-18,30H,3,14-15H2,1-2H3;1H3,(H,3,4). The fourth-order valence-corrected chi connectivity index (χ4v) is 4.52. The summed E-state index contributed by atoms with van der Waals surface area (Å²) in [7, 11) is 0. The molecule has 0 aliphatic carbocycles. The Kier molecular flexibility index (Phi) is 7.80. The fourth-order valence-electron chi connectivity index (χ4n) is 4.52. The zero-order valence-electron chi connectivity index (χ0n) is 21.2. The van der Waals surface area contributed by atoms with E-state index < -0.39 is 5.97 Å². The topological polar surface area (TPSA) is 92.4 Å². The van der Waals surface area contributed by atoms with Crippen LogP contribution in [0.25, 0.3) is 32.6 Å². The zero-order chi connectivity index (χ0) is 26.5. The Morgan fingerprint density at radius 2 is 1.35 bits per heavy atom. The van der Waals surface area contributed by atoms with Gasteiger partial charge in [-0.1, -0.05) is 42.5 Å². The molecule has 0 fully saturated rings. The molecule has 1 aromatic heterocycles. The van der Waals surface area contributed by atoms with Gasteiger partial charge in [0, 0.05) is 58.7 Å². The van der Waals surface area contributed by atoms with Crippen LogP contribution >= 0.6 is 0 Å². The number of hydrogen-bond acceptors (Lipinski definition) is 4. The van der Waals surface area contributed by atoms with E-state index in [9.17, 15) is 4.79 Å². The number of ketones is 1. The SMILES string of the molecule is CC(=O)O.CCOCCn1c2ccc(C(C)=N)cc2c2cc(C(=O)c3ccc4ccccc4c3)ccc21. The Bertz CT molecular complexity index is 1630. The summed E-state index contributed by atoms with van der Waals surface area (Å²) in [6.45, 7) is 6.91. The molecule has 1 heterocycles. The lowest BCUT2D eigenvalue weighted by Gasteiger charge is -2.08. The number of fused-ring (bicyclic) bond motifs is 4. The maximum absolute atomic E-state index is 13.4. The number of nitrogens with one attached hydrogen (secondary N) is 1. The highest BCUT2D eigenvalue weighted by molar-refractivity contribution is 6.16. The van der Waals surface area contributed by atoms with Crippen LogP contribution in [0.4, 0.5) is 0 Å². The Morgan fingerprint density at radius 3 is 1.97 bits per heavy atom. The molecule has 0 radical (unpaired) electrons. The number of nitrogens with zero attached hydrogens (tertiary/aromatic N) is 1. The quantitative estimate of drug-likeness (QED) is 0.150. The van der Waals surface area contributed by atoms with Crippen molar-refractivity contribution in [2.75, 3.05) is 13.2 Å². The predicted octanol–water partition coefficient (Wildman–Crippen LogP) is 6.69. The summed E-state index contributed by atoms with van der Waals surface area (Å²) >= 11 is 0. The van der Waals surface area contributed by atoms with E-state index in [1.807, 2.05) is 67.6 Å². The number of aliphatic carboxylic acids is 1. The van der Waals surface area contributed by atoms with Gasteiger partial charge in [0.1, 0.15) is 0 Å². The van der Waals surface area contributed by atoms with Crippen LogP contribution in [0.2, 0.25) is 0 Å². The van der Waals surface area contributed by atoms with Gasteiger partial charge >= 0.3 is 0 Å². The molecule has 5 aromatic rings. The third-order valence-electron chi connectivity index (χ3n) is 6.24. The van der Waals surface area contributed by atoms with E-state index in [0.29, 0.717) is 30.1 Å². The maximum Gasteiger partial charge on any atom is 0.300 e. The smallest absolute Gasteiger partial charge is 0.300 e. The number of aromatic nitrogens is 1. The normalized spacial score (nSPS) is 10.9. The van der Waals surface area contributed by atoms with Gasteiger partial charge in [0.25, 0.3) is 5.97 Å². The maximum atomic E-state index is 13.4. The van der Waals surface area contributed by atoms with Crippen LogP contribution in [0.15, 0.2) is 78.9 Å². The average molecular weight is 495 g/mol. The van der Waals surface area contributed by atoms with Crippen LogP contribution in [0, 0.1) is 5.41 Å². The molecule has 6 nitrogen and oxygen atoms in total. The van der Waals surface area contributed by atoms with Crippen molar-refractivity contribution in [3.8, 4) is 0 Å². The molecule has 6 heteroatoms. The van der Waals surface area contributed by atoms with Crippen molar-refractivity contribution in [2.45, 2.75) is 27.3 Å². The van der Waals surface area contributed by atoms with Gasteiger partial charge in [-0.25, -0.2) is 0 Å². The minimum atomic E-state index is -0.833. The molecule has 0 spiro atoms. The Balaban J connectivity index is 0.000000747. The highest BCUT2D eigenvalue weighted by atomic mass is 16.5. The second-order valence-corrected chi connectivity index (χ2v) is 8.85. The zero-order valence-corrected chi connectivity index (χ0v) is 21.2. The van der Waals surface area contributed by atoms with Crippen molar-refractivity contribution >= 4 is 50.0 Å². The largest absolute Gasteiger partial charge is 0.481 e. The van der Waals surface area contributed by atoms with E-state index in [2.05, 4.69) is 22.8 Å². The number of carboxylic acids is 1. The summed E-state index contributed by atoms with van der Waals surface area (Å²) in [6.07, 6.45) is 0. The molecule has 0 aliphatic heterocycles. The number of rotatable bonds is 7. The van der Waals surface area contributed by atoms with Gasteiger partial charge in [0.15, 0.2) is 5.78 Å². The second-order valence-electron chi connectivity index (χ2n) is 8.85. The number of ether oxygens (including phenoxy) is 1.